The second kappa shape index (κ2) is 7.14. The van der Waals surface area contributed by atoms with E-state index in [-0.39, 0.29) is 5.91 Å². The number of carbonyl (C=O) groups is 1. The first kappa shape index (κ1) is 13.9. The predicted octanol–water partition coefficient (Wildman–Crippen LogP) is 3.77. The lowest BCUT2D eigenvalue weighted by molar-refractivity contribution is -0.114. The van der Waals surface area contributed by atoms with E-state index >= 15 is 0 Å². The lowest BCUT2D eigenvalue weighted by Crippen LogP contribution is -2.06. The van der Waals surface area contributed by atoms with Crippen molar-refractivity contribution in [3.05, 3.63) is 66.2 Å². The van der Waals surface area contributed by atoms with Gasteiger partial charge in [0, 0.05) is 24.8 Å². The van der Waals surface area contributed by atoms with Crippen LogP contribution in [0.4, 0.5) is 11.4 Å². The van der Waals surface area contributed by atoms with Crippen LogP contribution >= 0.6 is 0 Å². The maximum atomic E-state index is 11.0. The van der Waals surface area contributed by atoms with Crippen molar-refractivity contribution in [2.24, 2.45) is 0 Å². The van der Waals surface area contributed by atoms with E-state index in [4.69, 9.17) is 0 Å². The van der Waals surface area contributed by atoms with Gasteiger partial charge in [0.2, 0.25) is 5.91 Å². The summed E-state index contributed by atoms with van der Waals surface area (Å²) < 4.78 is 0. The molecule has 0 bridgehead atoms. The normalized spacial score (nSPS) is 10.4. The summed E-state index contributed by atoms with van der Waals surface area (Å²) in [6.45, 7) is 2.24. The van der Waals surface area contributed by atoms with E-state index in [1.54, 1.807) is 0 Å². The van der Waals surface area contributed by atoms with E-state index in [1.807, 2.05) is 42.5 Å². The lowest BCUT2D eigenvalue weighted by atomic mass is 10.2. The highest BCUT2D eigenvalue weighted by atomic mass is 16.1. The fourth-order valence-corrected chi connectivity index (χ4v) is 1.85. The van der Waals surface area contributed by atoms with E-state index in [9.17, 15) is 4.79 Å². The molecule has 0 radical (unpaired) electrons. The molecule has 2 N–H and O–H groups in total. The fourth-order valence-electron chi connectivity index (χ4n) is 1.85. The molecule has 0 saturated heterocycles. The van der Waals surface area contributed by atoms with Crippen LogP contribution in [-0.4, -0.2) is 12.5 Å². The van der Waals surface area contributed by atoms with Gasteiger partial charge in [-0.05, 0) is 23.8 Å². The van der Waals surface area contributed by atoms with Gasteiger partial charge in [-0.3, -0.25) is 4.79 Å². The molecule has 0 aromatic heterocycles. The van der Waals surface area contributed by atoms with Gasteiger partial charge < -0.3 is 10.6 Å². The van der Waals surface area contributed by atoms with Crippen molar-refractivity contribution in [3.63, 3.8) is 0 Å². The van der Waals surface area contributed by atoms with Gasteiger partial charge in [-0.2, -0.15) is 0 Å². The van der Waals surface area contributed by atoms with Gasteiger partial charge in [-0.1, -0.05) is 48.6 Å². The molecule has 3 nitrogen and oxygen atoms in total. The minimum atomic E-state index is -0.0638. The number of nitrogens with one attached hydrogen (secondary N) is 2. The predicted molar refractivity (Wildman–Crippen MR) is 84.7 cm³/mol. The molecule has 1 amide bonds. The monoisotopic (exact) mass is 266 g/mol. The van der Waals surface area contributed by atoms with Crippen molar-refractivity contribution in [1.82, 2.24) is 0 Å². The topological polar surface area (TPSA) is 41.1 Å². The quantitative estimate of drug-likeness (QED) is 0.865. The lowest BCUT2D eigenvalue weighted by Gasteiger charge is -2.06. The third kappa shape index (κ3) is 4.61. The summed E-state index contributed by atoms with van der Waals surface area (Å²) in [6, 6.07) is 17.8. The molecular formula is C17H18N2O. The summed E-state index contributed by atoms with van der Waals surface area (Å²) in [7, 11) is 0. The van der Waals surface area contributed by atoms with Crippen LogP contribution in [0.25, 0.3) is 6.08 Å². The molecule has 2 rings (SSSR count). The highest BCUT2D eigenvalue weighted by Crippen LogP contribution is 2.14. The number of anilines is 2. The molecule has 3 heteroatoms. The summed E-state index contributed by atoms with van der Waals surface area (Å²) >= 11 is 0. The van der Waals surface area contributed by atoms with Gasteiger partial charge in [0.25, 0.3) is 0 Å². The second-order valence-electron chi connectivity index (χ2n) is 4.46. The fraction of sp³-hybridized carbons (Fsp3) is 0.118. The number of hydrogen-bond acceptors (Lipinski definition) is 2. The van der Waals surface area contributed by atoms with Gasteiger partial charge in [-0.15, -0.1) is 0 Å². The highest BCUT2D eigenvalue weighted by molar-refractivity contribution is 5.89. The van der Waals surface area contributed by atoms with Crippen LogP contribution in [-0.2, 0) is 4.79 Å². The Hall–Kier alpha value is -2.55. The molecule has 0 aliphatic heterocycles. The standard InChI is InChI=1S/C17H18N2O/c1-14(20)19-17-11-5-10-16(13-17)18-12-6-9-15-7-3-2-4-8-15/h2-11,13,18H,12H2,1H3,(H,19,20). The minimum absolute atomic E-state index is 0.0638. The van der Waals surface area contributed by atoms with Gasteiger partial charge >= 0.3 is 0 Å². The van der Waals surface area contributed by atoms with E-state index in [0.717, 1.165) is 17.9 Å². The zero-order chi connectivity index (χ0) is 14.2. The summed E-state index contributed by atoms with van der Waals surface area (Å²) in [4.78, 5) is 11.0. The Morgan fingerprint density at radius 3 is 2.55 bits per heavy atom. The molecule has 0 fully saturated rings. The number of rotatable bonds is 5. The first-order valence-corrected chi connectivity index (χ1v) is 6.57. The Kier molecular flexibility index (Phi) is 4.95. The van der Waals surface area contributed by atoms with Crippen LogP contribution in [0.2, 0.25) is 0 Å². The number of hydrogen-bond donors (Lipinski definition) is 2. The van der Waals surface area contributed by atoms with Crippen molar-refractivity contribution in [2.45, 2.75) is 6.92 Å². The van der Waals surface area contributed by atoms with Gasteiger partial charge in [0.05, 0.1) is 0 Å². The molecule has 102 valence electrons. The average Bonchev–Trinajstić information content (AvgIpc) is 2.44. The number of carbonyl (C=O) groups excluding carboxylic acids is 1. The summed E-state index contributed by atoms with van der Waals surface area (Å²) in [5.41, 5.74) is 2.96. The Morgan fingerprint density at radius 1 is 1.05 bits per heavy atom. The molecule has 2 aromatic rings. The molecule has 2 aromatic carbocycles. The van der Waals surface area contributed by atoms with Crippen LogP contribution in [0.3, 0.4) is 0 Å². The van der Waals surface area contributed by atoms with E-state index in [0.29, 0.717) is 0 Å². The van der Waals surface area contributed by atoms with E-state index in [1.165, 1.54) is 12.5 Å². The third-order valence-electron chi connectivity index (χ3n) is 2.72. The molecule has 0 unspecified atom stereocenters. The highest BCUT2D eigenvalue weighted by Gasteiger charge is 1.96. The van der Waals surface area contributed by atoms with Crippen LogP contribution in [0.1, 0.15) is 12.5 Å². The smallest absolute Gasteiger partial charge is 0.221 e. The first-order valence-electron chi connectivity index (χ1n) is 6.57. The Bertz CT molecular complexity index is 591. The largest absolute Gasteiger partial charge is 0.382 e. The first-order chi connectivity index (χ1) is 9.74. The van der Waals surface area contributed by atoms with Gasteiger partial charge in [0.1, 0.15) is 0 Å². The molecule has 0 spiro atoms. The molecule has 0 saturated carbocycles. The van der Waals surface area contributed by atoms with Gasteiger partial charge in [-0.25, -0.2) is 0 Å². The summed E-state index contributed by atoms with van der Waals surface area (Å²) in [5, 5.41) is 6.05. The van der Waals surface area contributed by atoms with Crippen LogP contribution < -0.4 is 10.6 Å². The van der Waals surface area contributed by atoms with Crippen LogP contribution in [0.5, 0.6) is 0 Å². The molecule has 0 aliphatic rings. The summed E-state index contributed by atoms with van der Waals surface area (Å²) in [5.74, 6) is -0.0638. The van der Waals surface area contributed by atoms with Gasteiger partial charge in [0.15, 0.2) is 0 Å². The second-order valence-corrected chi connectivity index (χ2v) is 4.46. The van der Waals surface area contributed by atoms with E-state index in [2.05, 4.69) is 34.9 Å². The van der Waals surface area contributed by atoms with Crippen molar-refractivity contribution in [1.29, 1.82) is 0 Å². The minimum Gasteiger partial charge on any atom is -0.382 e. The van der Waals surface area contributed by atoms with Crippen molar-refractivity contribution < 1.29 is 4.79 Å². The maximum Gasteiger partial charge on any atom is 0.221 e. The molecule has 0 aliphatic carbocycles. The molecule has 0 atom stereocenters. The van der Waals surface area contributed by atoms with Crippen molar-refractivity contribution >= 4 is 23.4 Å². The maximum absolute atomic E-state index is 11.0. The Labute approximate surface area is 119 Å². The SMILES string of the molecule is CC(=O)Nc1cccc(NCC=Cc2ccccc2)c1. The third-order valence-corrected chi connectivity index (χ3v) is 2.72. The van der Waals surface area contributed by atoms with Crippen molar-refractivity contribution in [3.8, 4) is 0 Å². The Morgan fingerprint density at radius 2 is 1.80 bits per heavy atom. The summed E-state index contributed by atoms with van der Waals surface area (Å²) in [6.07, 6.45) is 4.14. The zero-order valence-electron chi connectivity index (χ0n) is 11.5. The van der Waals surface area contributed by atoms with Crippen LogP contribution in [0.15, 0.2) is 60.7 Å². The van der Waals surface area contributed by atoms with E-state index < -0.39 is 0 Å². The molecular weight excluding hydrogens is 248 g/mol. The Balaban J connectivity index is 1.88. The number of amides is 1. The number of benzene rings is 2. The molecule has 20 heavy (non-hydrogen) atoms. The molecule has 0 heterocycles. The van der Waals surface area contributed by atoms with Crippen molar-refractivity contribution in [2.75, 3.05) is 17.2 Å². The van der Waals surface area contributed by atoms with Crippen LogP contribution in [0, 0.1) is 0 Å². The zero-order valence-corrected chi connectivity index (χ0v) is 11.5. The average molecular weight is 266 g/mol.